The molecule has 0 radical (unpaired) electrons. The summed E-state index contributed by atoms with van der Waals surface area (Å²) in [6.07, 6.45) is 1.41. The summed E-state index contributed by atoms with van der Waals surface area (Å²) in [5, 5.41) is 14.4. The van der Waals surface area contributed by atoms with E-state index in [2.05, 4.69) is 15.6 Å². The second-order valence-electron chi connectivity index (χ2n) is 6.48. The SMILES string of the molecule is CC(=O)c1ccc2c(c1)OCC1C(NC(=O)Nc3ccc(C#N)cn3)C21. The van der Waals surface area contributed by atoms with Gasteiger partial charge in [-0.25, -0.2) is 9.78 Å². The van der Waals surface area contributed by atoms with Crippen molar-refractivity contribution in [2.24, 2.45) is 5.92 Å². The Morgan fingerprint density at radius 2 is 2.15 bits per heavy atom. The average Bonchev–Trinajstić information content (AvgIpc) is 3.34. The van der Waals surface area contributed by atoms with Crippen LogP contribution in [0.4, 0.5) is 10.6 Å². The van der Waals surface area contributed by atoms with Crippen LogP contribution in [-0.2, 0) is 0 Å². The van der Waals surface area contributed by atoms with E-state index in [0.29, 0.717) is 23.6 Å². The fraction of sp³-hybridized carbons (Fsp3) is 0.263. The number of nitriles is 1. The van der Waals surface area contributed by atoms with Crippen molar-refractivity contribution in [3.05, 3.63) is 53.2 Å². The van der Waals surface area contributed by atoms with Crippen molar-refractivity contribution in [2.75, 3.05) is 11.9 Å². The number of rotatable bonds is 3. The van der Waals surface area contributed by atoms with Crippen LogP contribution in [0.1, 0.15) is 34.3 Å². The first-order chi connectivity index (χ1) is 12.6. The smallest absolute Gasteiger partial charge is 0.320 e. The Morgan fingerprint density at radius 3 is 2.85 bits per heavy atom. The molecule has 3 atom stereocenters. The highest BCUT2D eigenvalue weighted by atomic mass is 16.5. The van der Waals surface area contributed by atoms with Crippen molar-refractivity contribution >= 4 is 17.6 Å². The second kappa shape index (κ2) is 6.15. The summed E-state index contributed by atoms with van der Waals surface area (Å²) < 4.78 is 5.76. The molecule has 2 aliphatic rings. The molecule has 2 heterocycles. The Bertz CT molecular complexity index is 933. The third-order valence-corrected chi connectivity index (χ3v) is 4.81. The first-order valence-corrected chi connectivity index (χ1v) is 8.28. The molecule has 1 aliphatic carbocycles. The standard InChI is InChI=1S/C19H16N4O3/c1-10(24)12-3-4-13-15(6-12)26-9-14-17(13)18(14)23-19(25)22-16-5-2-11(7-20)8-21-16/h2-6,8,14,17-18H,9H2,1H3,(H2,21,22,23,25). The molecule has 0 bridgehead atoms. The summed E-state index contributed by atoms with van der Waals surface area (Å²) in [6, 6.07) is 10.3. The van der Waals surface area contributed by atoms with Crippen molar-refractivity contribution in [1.29, 1.82) is 5.26 Å². The topological polar surface area (TPSA) is 104 Å². The number of nitrogens with one attached hydrogen (secondary N) is 2. The third-order valence-electron chi connectivity index (χ3n) is 4.81. The Balaban J connectivity index is 1.42. The molecule has 26 heavy (non-hydrogen) atoms. The van der Waals surface area contributed by atoms with E-state index in [0.717, 1.165) is 11.3 Å². The lowest BCUT2D eigenvalue weighted by Gasteiger charge is -2.16. The maximum Gasteiger partial charge on any atom is 0.320 e. The molecule has 4 rings (SSSR count). The van der Waals surface area contributed by atoms with Gasteiger partial charge >= 0.3 is 6.03 Å². The summed E-state index contributed by atoms with van der Waals surface area (Å²) in [5.74, 6) is 1.52. The van der Waals surface area contributed by atoms with E-state index in [1.165, 1.54) is 13.1 Å². The maximum atomic E-state index is 12.2. The monoisotopic (exact) mass is 348 g/mol. The van der Waals surface area contributed by atoms with Crippen LogP contribution in [0.3, 0.4) is 0 Å². The van der Waals surface area contributed by atoms with Crippen LogP contribution in [0.25, 0.3) is 0 Å². The van der Waals surface area contributed by atoms with Crippen LogP contribution in [0.15, 0.2) is 36.5 Å². The molecular weight excluding hydrogens is 332 g/mol. The predicted octanol–water partition coefficient (Wildman–Crippen LogP) is 2.45. The minimum Gasteiger partial charge on any atom is -0.493 e. The Labute approximate surface area is 150 Å². The fourth-order valence-corrected chi connectivity index (χ4v) is 3.38. The van der Waals surface area contributed by atoms with Gasteiger partial charge in [-0.3, -0.25) is 10.1 Å². The number of ether oxygens (including phenoxy) is 1. The maximum absolute atomic E-state index is 12.2. The summed E-state index contributed by atoms with van der Waals surface area (Å²) in [7, 11) is 0. The molecular formula is C19H16N4O3. The Kier molecular flexibility index (Phi) is 3.81. The number of hydrogen-bond donors (Lipinski definition) is 2. The number of Topliss-reactive ketones (excluding diaryl/α,β-unsaturated/α-hetero) is 1. The number of hydrogen-bond acceptors (Lipinski definition) is 5. The average molecular weight is 348 g/mol. The molecule has 2 N–H and O–H groups in total. The number of carbonyl (C=O) groups is 2. The lowest BCUT2D eigenvalue weighted by atomic mass is 10.0. The highest BCUT2D eigenvalue weighted by Gasteiger charge is 2.55. The fourth-order valence-electron chi connectivity index (χ4n) is 3.38. The number of carbonyl (C=O) groups excluding carboxylic acids is 2. The second-order valence-corrected chi connectivity index (χ2v) is 6.48. The molecule has 7 nitrogen and oxygen atoms in total. The van der Waals surface area contributed by atoms with Gasteiger partial charge in [0, 0.05) is 29.6 Å². The number of anilines is 1. The summed E-state index contributed by atoms with van der Waals surface area (Å²) in [4.78, 5) is 27.7. The lowest BCUT2D eigenvalue weighted by Crippen LogP contribution is -2.32. The molecule has 1 fully saturated rings. The number of benzene rings is 1. The van der Waals surface area contributed by atoms with Gasteiger partial charge in [0.05, 0.1) is 12.2 Å². The lowest BCUT2D eigenvalue weighted by molar-refractivity contribution is 0.101. The van der Waals surface area contributed by atoms with Gasteiger partial charge in [-0.15, -0.1) is 0 Å². The molecule has 2 aromatic rings. The van der Waals surface area contributed by atoms with E-state index < -0.39 is 0 Å². The molecule has 1 aliphatic heterocycles. The Morgan fingerprint density at radius 1 is 1.31 bits per heavy atom. The summed E-state index contributed by atoms with van der Waals surface area (Å²) in [6.45, 7) is 2.04. The first-order valence-electron chi connectivity index (χ1n) is 8.28. The van der Waals surface area contributed by atoms with Crippen LogP contribution >= 0.6 is 0 Å². The number of pyridine rings is 1. The zero-order valence-corrected chi connectivity index (χ0v) is 14.0. The van der Waals surface area contributed by atoms with Gasteiger partial charge in [0.15, 0.2) is 5.78 Å². The first kappa shape index (κ1) is 16.1. The molecule has 0 spiro atoms. The van der Waals surface area contributed by atoms with Gasteiger partial charge in [-0.05, 0) is 30.7 Å². The van der Waals surface area contributed by atoms with E-state index >= 15 is 0 Å². The van der Waals surface area contributed by atoms with Gasteiger partial charge in [0.25, 0.3) is 0 Å². The number of ketones is 1. The quantitative estimate of drug-likeness (QED) is 0.829. The molecule has 0 saturated heterocycles. The molecule has 2 amide bonds. The minimum absolute atomic E-state index is 0.00158. The summed E-state index contributed by atoms with van der Waals surface area (Å²) in [5.41, 5.74) is 2.08. The Hall–Kier alpha value is -3.40. The number of amides is 2. The molecule has 7 heteroatoms. The van der Waals surface area contributed by atoms with Crippen LogP contribution in [-0.4, -0.2) is 29.4 Å². The normalized spacial score (nSPS) is 22.1. The minimum atomic E-state index is -0.344. The van der Waals surface area contributed by atoms with Crippen molar-refractivity contribution in [3.63, 3.8) is 0 Å². The number of aromatic nitrogens is 1. The zero-order valence-electron chi connectivity index (χ0n) is 14.0. The molecule has 3 unspecified atom stereocenters. The van der Waals surface area contributed by atoms with Crippen LogP contribution in [0.5, 0.6) is 5.75 Å². The predicted molar refractivity (Wildman–Crippen MR) is 93.1 cm³/mol. The number of nitrogens with zero attached hydrogens (tertiary/aromatic N) is 2. The van der Waals surface area contributed by atoms with Gasteiger partial charge in [0.2, 0.25) is 0 Å². The van der Waals surface area contributed by atoms with Crippen molar-refractivity contribution in [2.45, 2.75) is 18.9 Å². The van der Waals surface area contributed by atoms with Gasteiger partial charge in [-0.1, -0.05) is 12.1 Å². The molecule has 1 saturated carbocycles. The van der Waals surface area contributed by atoms with Crippen LogP contribution in [0, 0.1) is 17.2 Å². The van der Waals surface area contributed by atoms with E-state index in [9.17, 15) is 9.59 Å². The van der Waals surface area contributed by atoms with Gasteiger partial charge < -0.3 is 10.1 Å². The molecule has 1 aromatic carbocycles. The van der Waals surface area contributed by atoms with E-state index in [-0.39, 0.29) is 29.7 Å². The van der Waals surface area contributed by atoms with Gasteiger partial charge in [-0.2, -0.15) is 5.26 Å². The van der Waals surface area contributed by atoms with Crippen molar-refractivity contribution < 1.29 is 14.3 Å². The van der Waals surface area contributed by atoms with E-state index in [1.807, 2.05) is 12.1 Å². The van der Waals surface area contributed by atoms with Crippen molar-refractivity contribution in [1.82, 2.24) is 10.3 Å². The van der Waals surface area contributed by atoms with Crippen molar-refractivity contribution in [3.8, 4) is 11.8 Å². The van der Waals surface area contributed by atoms with E-state index in [1.54, 1.807) is 24.3 Å². The highest BCUT2D eigenvalue weighted by molar-refractivity contribution is 5.94. The summed E-state index contributed by atoms with van der Waals surface area (Å²) >= 11 is 0. The van der Waals surface area contributed by atoms with Crippen LogP contribution < -0.4 is 15.4 Å². The number of fused-ring (bicyclic) bond motifs is 3. The molecule has 130 valence electrons. The highest BCUT2D eigenvalue weighted by Crippen LogP contribution is 2.54. The van der Waals surface area contributed by atoms with Crippen LogP contribution in [0.2, 0.25) is 0 Å². The number of urea groups is 1. The largest absolute Gasteiger partial charge is 0.493 e. The zero-order chi connectivity index (χ0) is 18.3. The third kappa shape index (κ3) is 2.86. The van der Waals surface area contributed by atoms with E-state index in [4.69, 9.17) is 10.00 Å². The van der Waals surface area contributed by atoms with Gasteiger partial charge in [0.1, 0.15) is 17.6 Å². The molecule has 1 aromatic heterocycles.